The van der Waals surface area contributed by atoms with Gasteiger partial charge in [-0.05, 0) is 57.0 Å². The average molecular weight is 319 g/mol. The molecule has 1 saturated carbocycles. The summed E-state index contributed by atoms with van der Waals surface area (Å²) >= 11 is 5.58. The highest BCUT2D eigenvalue weighted by Gasteiger charge is 2.51. The number of anilines is 1. The van der Waals surface area contributed by atoms with Crippen LogP contribution in [0.4, 0.5) is 10.5 Å². The van der Waals surface area contributed by atoms with Gasteiger partial charge in [-0.3, -0.25) is 0 Å². The van der Waals surface area contributed by atoms with E-state index in [1.54, 1.807) is 4.90 Å². The second-order valence-electron chi connectivity index (χ2n) is 5.69. The number of hydrazine groups is 1. The molecule has 0 radical (unpaired) electrons. The fraction of sp³-hybridized carbons (Fsp3) is 0.500. The van der Waals surface area contributed by atoms with Crippen LogP contribution in [0, 0.1) is 0 Å². The van der Waals surface area contributed by atoms with E-state index in [1.165, 1.54) is 6.42 Å². The van der Waals surface area contributed by atoms with Gasteiger partial charge in [0.25, 0.3) is 0 Å². The van der Waals surface area contributed by atoms with Crippen molar-refractivity contribution in [1.29, 1.82) is 0 Å². The lowest BCUT2D eigenvalue weighted by molar-refractivity contribution is 0.0704. The lowest BCUT2D eigenvalue weighted by Gasteiger charge is -2.38. The Morgan fingerprint density at radius 1 is 1.27 bits per heavy atom. The van der Waals surface area contributed by atoms with Crippen molar-refractivity contribution in [3.63, 3.8) is 0 Å². The second-order valence-corrected chi connectivity index (χ2v) is 6.06. The number of thiocarbonyl (C=S) groups is 1. The summed E-state index contributed by atoms with van der Waals surface area (Å²) in [7, 11) is 0. The molecule has 2 aliphatic rings. The fourth-order valence-corrected chi connectivity index (χ4v) is 3.65. The standard InChI is InChI=1S/C16H21N3O2S/c1-2-21-15(20)18-14(22)19(13-9-5-3-6-10-13)17-16(18)11-7-4-8-12-16/h3,5-6,9-10,17H,2,4,7-8,11-12H2,1H3. The lowest BCUT2D eigenvalue weighted by atomic mass is 9.89. The van der Waals surface area contributed by atoms with Crippen LogP contribution >= 0.6 is 12.2 Å². The van der Waals surface area contributed by atoms with Gasteiger partial charge < -0.3 is 4.74 Å². The van der Waals surface area contributed by atoms with Crippen LogP contribution in [0.3, 0.4) is 0 Å². The molecule has 22 heavy (non-hydrogen) atoms. The van der Waals surface area contributed by atoms with Gasteiger partial charge >= 0.3 is 6.09 Å². The van der Waals surface area contributed by atoms with Crippen LogP contribution in [-0.2, 0) is 4.74 Å². The van der Waals surface area contributed by atoms with E-state index in [4.69, 9.17) is 17.0 Å². The van der Waals surface area contributed by atoms with E-state index in [0.29, 0.717) is 11.7 Å². The number of hydrogen-bond donors (Lipinski definition) is 1. The molecule has 3 rings (SSSR count). The largest absolute Gasteiger partial charge is 0.449 e. The summed E-state index contributed by atoms with van der Waals surface area (Å²) in [5, 5.41) is 2.30. The Bertz CT molecular complexity index is 558. The lowest BCUT2D eigenvalue weighted by Crippen LogP contribution is -2.56. The molecule has 0 aromatic heterocycles. The van der Waals surface area contributed by atoms with Crippen molar-refractivity contribution in [3.05, 3.63) is 30.3 Å². The molecule has 0 atom stereocenters. The van der Waals surface area contributed by atoms with Gasteiger partial charge in [-0.1, -0.05) is 24.6 Å². The summed E-state index contributed by atoms with van der Waals surface area (Å²) in [6.07, 6.45) is 4.76. The van der Waals surface area contributed by atoms with E-state index >= 15 is 0 Å². The van der Waals surface area contributed by atoms with Crippen LogP contribution in [0.25, 0.3) is 0 Å². The van der Waals surface area contributed by atoms with Crippen LogP contribution < -0.4 is 10.4 Å². The number of nitrogens with zero attached hydrogens (tertiary/aromatic N) is 2. The van der Waals surface area contributed by atoms with E-state index in [0.717, 1.165) is 31.4 Å². The normalized spacial score (nSPS) is 20.5. The Labute approximate surface area is 136 Å². The fourth-order valence-electron chi connectivity index (χ4n) is 3.25. The first kappa shape index (κ1) is 15.2. The van der Waals surface area contributed by atoms with E-state index in [2.05, 4.69) is 5.43 Å². The molecule has 118 valence electrons. The van der Waals surface area contributed by atoms with E-state index in [-0.39, 0.29) is 6.09 Å². The summed E-state index contributed by atoms with van der Waals surface area (Å²) in [4.78, 5) is 14.1. The quantitative estimate of drug-likeness (QED) is 0.846. The number of amides is 1. The van der Waals surface area contributed by atoms with Crippen LogP contribution in [0.15, 0.2) is 30.3 Å². The van der Waals surface area contributed by atoms with E-state index in [1.807, 2.05) is 42.3 Å². The number of benzene rings is 1. The Morgan fingerprint density at radius 2 is 1.95 bits per heavy atom. The van der Waals surface area contributed by atoms with Gasteiger partial charge in [0.15, 0.2) is 0 Å². The maximum atomic E-state index is 12.5. The molecule has 0 bridgehead atoms. The first-order valence-electron chi connectivity index (χ1n) is 7.82. The highest BCUT2D eigenvalue weighted by atomic mass is 32.1. The Kier molecular flexibility index (Phi) is 4.31. The van der Waals surface area contributed by atoms with Crippen LogP contribution in [0.5, 0.6) is 0 Å². The number of rotatable bonds is 2. The Balaban J connectivity index is 1.94. The van der Waals surface area contributed by atoms with Crippen molar-refractivity contribution in [2.24, 2.45) is 0 Å². The predicted octanol–water partition coefficient (Wildman–Crippen LogP) is 3.42. The predicted molar refractivity (Wildman–Crippen MR) is 89.3 cm³/mol. The SMILES string of the molecule is CCOC(=O)N1C(=S)N(c2ccccc2)NC12CCCCC2. The zero-order valence-corrected chi connectivity index (χ0v) is 13.6. The molecule has 1 heterocycles. The summed E-state index contributed by atoms with van der Waals surface area (Å²) in [6.45, 7) is 2.16. The highest BCUT2D eigenvalue weighted by Crippen LogP contribution is 2.38. The number of nitrogens with one attached hydrogen (secondary N) is 1. The molecule has 0 unspecified atom stereocenters. The highest BCUT2D eigenvalue weighted by molar-refractivity contribution is 7.80. The van der Waals surface area contributed by atoms with Gasteiger partial charge in [-0.2, -0.15) is 0 Å². The van der Waals surface area contributed by atoms with E-state index in [9.17, 15) is 4.79 Å². The van der Waals surface area contributed by atoms with Gasteiger partial charge in [0.1, 0.15) is 5.66 Å². The Morgan fingerprint density at radius 3 is 2.59 bits per heavy atom. The van der Waals surface area contributed by atoms with Crippen molar-refractivity contribution >= 4 is 29.1 Å². The third-order valence-corrected chi connectivity index (χ3v) is 4.64. The minimum absolute atomic E-state index is 0.347. The molecular formula is C16H21N3O2S. The molecule has 1 amide bonds. The van der Waals surface area contributed by atoms with Crippen molar-refractivity contribution in [2.45, 2.75) is 44.7 Å². The molecule has 1 aliphatic heterocycles. The molecule has 6 heteroatoms. The van der Waals surface area contributed by atoms with Gasteiger partial charge in [0.05, 0.1) is 12.3 Å². The third kappa shape index (κ3) is 2.57. The zero-order valence-electron chi connectivity index (χ0n) is 12.7. The minimum Gasteiger partial charge on any atom is -0.449 e. The summed E-state index contributed by atoms with van der Waals surface area (Å²) in [6, 6.07) is 9.83. The van der Waals surface area contributed by atoms with Crippen LogP contribution in [-0.4, -0.2) is 28.4 Å². The first-order valence-corrected chi connectivity index (χ1v) is 8.23. The molecule has 5 nitrogen and oxygen atoms in total. The van der Waals surface area contributed by atoms with Crippen molar-refractivity contribution in [1.82, 2.24) is 10.3 Å². The Hall–Kier alpha value is -1.66. The van der Waals surface area contributed by atoms with E-state index < -0.39 is 5.66 Å². The molecule has 1 spiro atoms. The summed E-state index contributed by atoms with van der Waals surface area (Å²) in [5.74, 6) is 0. The number of ether oxygens (including phenoxy) is 1. The smallest absolute Gasteiger partial charge is 0.417 e. The maximum absolute atomic E-state index is 12.5. The molecule has 2 fully saturated rings. The molecule has 1 aromatic carbocycles. The molecular weight excluding hydrogens is 298 g/mol. The number of hydrogen-bond acceptors (Lipinski definition) is 4. The minimum atomic E-state index is -0.447. The molecule has 1 aromatic rings. The second kappa shape index (κ2) is 6.22. The van der Waals surface area contributed by atoms with Crippen LogP contribution in [0.2, 0.25) is 0 Å². The van der Waals surface area contributed by atoms with Gasteiger partial charge in [0.2, 0.25) is 5.11 Å². The summed E-state index contributed by atoms with van der Waals surface area (Å²) in [5.41, 5.74) is 3.97. The van der Waals surface area contributed by atoms with Crippen molar-refractivity contribution in [3.8, 4) is 0 Å². The molecule has 1 saturated heterocycles. The maximum Gasteiger partial charge on any atom is 0.417 e. The van der Waals surface area contributed by atoms with Crippen molar-refractivity contribution in [2.75, 3.05) is 11.6 Å². The van der Waals surface area contributed by atoms with Gasteiger partial charge in [0, 0.05) is 0 Å². The summed E-state index contributed by atoms with van der Waals surface area (Å²) < 4.78 is 5.24. The number of carbonyl (C=O) groups excluding carboxylic acids is 1. The van der Waals surface area contributed by atoms with Crippen molar-refractivity contribution < 1.29 is 9.53 Å². The topological polar surface area (TPSA) is 44.8 Å². The van der Waals surface area contributed by atoms with Gasteiger partial charge in [-0.25, -0.2) is 20.1 Å². The first-order chi connectivity index (χ1) is 10.7. The van der Waals surface area contributed by atoms with Gasteiger partial charge in [-0.15, -0.1) is 0 Å². The number of carbonyl (C=O) groups is 1. The zero-order chi connectivity index (χ0) is 15.6. The number of para-hydroxylation sites is 1. The molecule has 1 aliphatic carbocycles. The molecule has 1 N–H and O–H groups in total. The third-order valence-electron chi connectivity index (χ3n) is 4.28. The average Bonchev–Trinajstić information content (AvgIpc) is 2.81. The van der Waals surface area contributed by atoms with Crippen LogP contribution in [0.1, 0.15) is 39.0 Å². The monoisotopic (exact) mass is 319 g/mol.